The third kappa shape index (κ3) is 3.42. The zero-order chi connectivity index (χ0) is 18.6. The Hall–Kier alpha value is -2.10. The number of benzene rings is 1. The van der Waals surface area contributed by atoms with Gasteiger partial charge in [0.1, 0.15) is 0 Å². The number of carbonyl (C=O) groups is 2. The Morgan fingerprint density at radius 3 is 2.15 bits per heavy atom. The minimum atomic E-state index is -1.26. The fraction of sp³-hybridized carbons (Fsp3) is 0.545. The molecule has 4 nitrogen and oxygen atoms in total. The fourth-order valence-electron chi connectivity index (χ4n) is 4.26. The van der Waals surface area contributed by atoms with Gasteiger partial charge in [-0.25, -0.2) is 0 Å². The number of esters is 2. The number of rotatable bonds is 4. The highest BCUT2D eigenvalue weighted by Crippen LogP contribution is 2.47. The van der Waals surface area contributed by atoms with Gasteiger partial charge in [-0.2, -0.15) is 0 Å². The first-order chi connectivity index (χ1) is 12.6. The molecule has 2 aliphatic carbocycles. The number of ether oxygens (including phenoxy) is 2. The van der Waals surface area contributed by atoms with Gasteiger partial charge in [0.25, 0.3) is 0 Å². The van der Waals surface area contributed by atoms with Gasteiger partial charge in [0.05, 0.1) is 13.2 Å². The predicted molar refractivity (Wildman–Crippen MR) is 100 cm³/mol. The lowest BCUT2D eigenvalue weighted by atomic mass is 9.67. The van der Waals surface area contributed by atoms with Crippen LogP contribution in [0.4, 0.5) is 0 Å². The molecule has 26 heavy (non-hydrogen) atoms. The van der Waals surface area contributed by atoms with E-state index in [1.54, 1.807) is 13.8 Å². The van der Waals surface area contributed by atoms with Crippen LogP contribution in [0.5, 0.6) is 0 Å². The predicted octanol–water partition coefficient (Wildman–Crippen LogP) is 4.46. The summed E-state index contributed by atoms with van der Waals surface area (Å²) in [4.78, 5) is 25.9. The maximum absolute atomic E-state index is 12.9. The highest BCUT2D eigenvalue weighted by Gasteiger charge is 2.52. The molecular formula is C22H28O4. The maximum atomic E-state index is 12.9. The molecular weight excluding hydrogens is 328 g/mol. The summed E-state index contributed by atoms with van der Waals surface area (Å²) in [6, 6.07) is 8.13. The molecule has 0 N–H and O–H groups in total. The van der Waals surface area contributed by atoms with Gasteiger partial charge in [-0.05, 0) is 56.2 Å². The molecule has 1 fully saturated rings. The van der Waals surface area contributed by atoms with Crippen molar-refractivity contribution in [1.82, 2.24) is 0 Å². The van der Waals surface area contributed by atoms with Gasteiger partial charge < -0.3 is 9.47 Å². The molecule has 0 aliphatic heterocycles. The van der Waals surface area contributed by atoms with Gasteiger partial charge in [0, 0.05) is 12.8 Å². The smallest absolute Gasteiger partial charge is 0.324 e. The van der Waals surface area contributed by atoms with Crippen molar-refractivity contribution in [3.8, 4) is 0 Å². The molecule has 4 heteroatoms. The Morgan fingerprint density at radius 2 is 1.54 bits per heavy atom. The quantitative estimate of drug-likeness (QED) is 0.590. The van der Waals surface area contributed by atoms with Crippen LogP contribution >= 0.6 is 0 Å². The first-order valence-corrected chi connectivity index (χ1v) is 9.76. The first-order valence-electron chi connectivity index (χ1n) is 9.76. The molecule has 0 radical (unpaired) electrons. The van der Waals surface area contributed by atoms with Gasteiger partial charge in [0.15, 0.2) is 5.41 Å². The number of carbonyl (C=O) groups excluding carboxylic acids is 2. The Labute approximate surface area is 155 Å². The summed E-state index contributed by atoms with van der Waals surface area (Å²) in [5.41, 5.74) is 3.51. The lowest BCUT2D eigenvalue weighted by Gasteiger charge is -2.36. The van der Waals surface area contributed by atoms with E-state index >= 15 is 0 Å². The molecule has 140 valence electrons. The number of hydrogen-bond acceptors (Lipinski definition) is 4. The molecule has 0 saturated heterocycles. The number of fused-ring (bicyclic) bond motifs is 1. The first kappa shape index (κ1) is 18.7. The molecule has 0 bridgehead atoms. The fourth-order valence-corrected chi connectivity index (χ4v) is 4.26. The Morgan fingerprint density at radius 1 is 0.923 bits per heavy atom. The number of allylic oxidation sites excluding steroid dienone is 2. The summed E-state index contributed by atoms with van der Waals surface area (Å²) in [5.74, 6) is -0.913. The van der Waals surface area contributed by atoms with Crippen LogP contribution in [0.15, 0.2) is 29.8 Å². The minimum Gasteiger partial charge on any atom is -0.465 e. The molecule has 0 spiro atoms. The van der Waals surface area contributed by atoms with Crippen LogP contribution in [-0.4, -0.2) is 25.2 Å². The second-order valence-corrected chi connectivity index (χ2v) is 7.18. The molecule has 0 atom stereocenters. The van der Waals surface area contributed by atoms with Crippen molar-refractivity contribution < 1.29 is 19.1 Å². The van der Waals surface area contributed by atoms with Crippen LogP contribution in [0.2, 0.25) is 0 Å². The van der Waals surface area contributed by atoms with Crippen molar-refractivity contribution in [3.63, 3.8) is 0 Å². The Balaban J connectivity index is 2.12. The van der Waals surface area contributed by atoms with Crippen LogP contribution in [0, 0.1) is 5.41 Å². The van der Waals surface area contributed by atoms with E-state index in [1.807, 2.05) is 18.2 Å². The van der Waals surface area contributed by atoms with E-state index in [1.165, 1.54) is 30.4 Å². The molecule has 0 unspecified atom stereocenters. The summed E-state index contributed by atoms with van der Waals surface area (Å²) in [7, 11) is 0. The van der Waals surface area contributed by atoms with Crippen molar-refractivity contribution in [2.45, 2.75) is 58.8 Å². The molecule has 1 saturated carbocycles. The van der Waals surface area contributed by atoms with Crippen molar-refractivity contribution in [3.05, 3.63) is 41.0 Å². The van der Waals surface area contributed by atoms with Gasteiger partial charge >= 0.3 is 11.9 Å². The van der Waals surface area contributed by atoms with Crippen LogP contribution in [-0.2, 0) is 25.5 Å². The van der Waals surface area contributed by atoms with E-state index in [9.17, 15) is 9.59 Å². The van der Waals surface area contributed by atoms with Gasteiger partial charge in [0.2, 0.25) is 0 Å². The summed E-state index contributed by atoms with van der Waals surface area (Å²) >= 11 is 0. The Kier molecular flexibility index (Phi) is 5.80. The van der Waals surface area contributed by atoms with E-state index < -0.39 is 17.4 Å². The summed E-state index contributed by atoms with van der Waals surface area (Å²) in [6.07, 6.45) is 6.42. The lowest BCUT2D eigenvalue weighted by Crippen LogP contribution is -2.46. The zero-order valence-corrected chi connectivity index (χ0v) is 15.8. The van der Waals surface area contributed by atoms with Crippen molar-refractivity contribution in [2.24, 2.45) is 5.41 Å². The average Bonchev–Trinajstić information content (AvgIpc) is 2.68. The van der Waals surface area contributed by atoms with E-state index in [4.69, 9.17) is 9.47 Å². The molecule has 0 amide bonds. The Bertz CT molecular complexity index is 691. The molecule has 0 aromatic heterocycles. The van der Waals surface area contributed by atoms with Crippen LogP contribution in [0.3, 0.4) is 0 Å². The summed E-state index contributed by atoms with van der Waals surface area (Å²) < 4.78 is 10.7. The van der Waals surface area contributed by atoms with E-state index in [0.717, 1.165) is 24.0 Å². The van der Waals surface area contributed by atoms with Crippen molar-refractivity contribution in [1.29, 1.82) is 0 Å². The van der Waals surface area contributed by atoms with Gasteiger partial charge in [-0.1, -0.05) is 36.3 Å². The van der Waals surface area contributed by atoms with Crippen molar-refractivity contribution >= 4 is 17.5 Å². The molecule has 0 heterocycles. The summed E-state index contributed by atoms with van der Waals surface area (Å²) in [6.45, 7) is 4.06. The highest BCUT2D eigenvalue weighted by atomic mass is 16.6. The normalized spacial score (nSPS) is 18.8. The third-order valence-electron chi connectivity index (χ3n) is 5.53. The van der Waals surface area contributed by atoms with Crippen LogP contribution in [0.1, 0.15) is 63.5 Å². The van der Waals surface area contributed by atoms with Gasteiger partial charge in [-0.15, -0.1) is 0 Å². The highest BCUT2D eigenvalue weighted by molar-refractivity contribution is 6.03. The monoisotopic (exact) mass is 356 g/mol. The van der Waals surface area contributed by atoms with Crippen LogP contribution in [0.25, 0.3) is 5.57 Å². The maximum Gasteiger partial charge on any atom is 0.324 e. The van der Waals surface area contributed by atoms with E-state index in [-0.39, 0.29) is 13.2 Å². The average molecular weight is 356 g/mol. The molecule has 3 rings (SSSR count). The SMILES string of the molecule is CCOC(=O)C1(C(=O)OCC)CC(=C2CCCCC2)c2ccccc2C1. The van der Waals surface area contributed by atoms with E-state index in [2.05, 4.69) is 6.07 Å². The van der Waals surface area contributed by atoms with Crippen molar-refractivity contribution in [2.75, 3.05) is 13.2 Å². The third-order valence-corrected chi connectivity index (χ3v) is 5.53. The topological polar surface area (TPSA) is 52.6 Å². The summed E-state index contributed by atoms with van der Waals surface area (Å²) in [5, 5.41) is 0. The van der Waals surface area contributed by atoms with Crippen LogP contribution < -0.4 is 0 Å². The minimum absolute atomic E-state index is 0.257. The largest absolute Gasteiger partial charge is 0.465 e. The second kappa shape index (κ2) is 8.07. The lowest BCUT2D eigenvalue weighted by molar-refractivity contribution is -0.172. The molecule has 2 aliphatic rings. The number of hydrogen-bond donors (Lipinski definition) is 0. The molecule has 1 aromatic carbocycles. The molecule has 1 aromatic rings. The zero-order valence-electron chi connectivity index (χ0n) is 15.8. The van der Waals surface area contributed by atoms with E-state index in [0.29, 0.717) is 12.8 Å². The standard InChI is InChI=1S/C22H28O4/c1-3-25-20(23)22(21(24)26-4-2)14-17-12-8-9-13-18(17)19(15-22)16-10-6-5-7-11-16/h8-9,12-13H,3-7,10-11,14-15H2,1-2H3. The van der Waals surface area contributed by atoms with Gasteiger partial charge in [-0.3, -0.25) is 9.59 Å². The second-order valence-electron chi connectivity index (χ2n) is 7.18.